The maximum Gasteiger partial charge on any atom is 0.265 e. The number of rotatable bonds is 4. The molecule has 0 saturated heterocycles. The van der Waals surface area contributed by atoms with E-state index in [0.29, 0.717) is 11.5 Å². The van der Waals surface area contributed by atoms with E-state index in [2.05, 4.69) is 15.4 Å². The van der Waals surface area contributed by atoms with E-state index in [-0.39, 0.29) is 6.54 Å². The number of halogens is 2. The van der Waals surface area contributed by atoms with Gasteiger partial charge in [-0.3, -0.25) is 0 Å². The molecule has 2 heterocycles. The molecule has 5 nitrogen and oxygen atoms in total. The average molecular weight is 228 g/mol. The predicted molar refractivity (Wildman–Crippen MR) is 53.5 cm³/mol. The Labute approximate surface area is 89.7 Å². The Morgan fingerprint density at radius 2 is 2.25 bits per heavy atom. The van der Waals surface area contributed by atoms with E-state index < -0.39 is 12.5 Å². The van der Waals surface area contributed by atoms with Crippen LogP contribution in [-0.4, -0.2) is 38.8 Å². The molecule has 1 atom stereocenters. The summed E-state index contributed by atoms with van der Waals surface area (Å²) in [6.45, 7) is -0.241. The van der Waals surface area contributed by atoms with Gasteiger partial charge in [0.2, 0.25) is 0 Å². The van der Waals surface area contributed by atoms with Crippen LogP contribution in [0.5, 0.6) is 0 Å². The van der Waals surface area contributed by atoms with Gasteiger partial charge >= 0.3 is 0 Å². The summed E-state index contributed by atoms with van der Waals surface area (Å²) in [7, 11) is 0. The molecule has 86 valence electrons. The van der Waals surface area contributed by atoms with E-state index in [0.717, 1.165) is 0 Å². The van der Waals surface area contributed by atoms with Crippen molar-refractivity contribution in [3.8, 4) is 0 Å². The minimum atomic E-state index is -2.76. The van der Waals surface area contributed by atoms with Crippen molar-refractivity contribution in [3.05, 3.63) is 24.5 Å². The minimum absolute atomic E-state index is 0.241. The monoisotopic (exact) mass is 228 g/mol. The molecule has 2 aromatic rings. The van der Waals surface area contributed by atoms with Gasteiger partial charge in [-0.1, -0.05) is 0 Å². The van der Waals surface area contributed by atoms with Crippen LogP contribution in [-0.2, 0) is 0 Å². The van der Waals surface area contributed by atoms with Crippen molar-refractivity contribution >= 4 is 11.5 Å². The van der Waals surface area contributed by atoms with Crippen LogP contribution >= 0.6 is 0 Å². The zero-order valence-corrected chi connectivity index (χ0v) is 8.22. The lowest BCUT2D eigenvalue weighted by molar-refractivity contribution is 0.00381. The molecule has 0 aliphatic rings. The second-order valence-electron chi connectivity index (χ2n) is 3.23. The number of nitrogens with zero attached hydrogens (tertiary/aromatic N) is 3. The third-order valence-electron chi connectivity index (χ3n) is 2.04. The molecule has 0 bridgehead atoms. The maximum atomic E-state index is 12.0. The van der Waals surface area contributed by atoms with Gasteiger partial charge < -0.3 is 10.4 Å². The normalized spacial score (nSPS) is 13.2. The van der Waals surface area contributed by atoms with Gasteiger partial charge in [0.25, 0.3) is 6.43 Å². The first-order valence-electron chi connectivity index (χ1n) is 4.67. The molecular formula is C9H10F2N4O. The quantitative estimate of drug-likeness (QED) is 0.811. The Morgan fingerprint density at radius 1 is 1.44 bits per heavy atom. The van der Waals surface area contributed by atoms with Crippen LogP contribution in [0.3, 0.4) is 0 Å². The summed E-state index contributed by atoms with van der Waals surface area (Å²) in [5, 5.41) is 15.5. The van der Waals surface area contributed by atoms with E-state index in [4.69, 9.17) is 5.11 Å². The number of hydrogen-bond acceptors (Lipinski definition) is 4. The first kappa shape index (κ1) is 10.7. The second kappa shape index (κ2) is 4.40. The molecule has 0 aliphatic heterocycles. The average Bonchev–Trinajstić information content (AvgIpc) is 2.72. The fourth-order valence-electron chi connectivity index (χ4n) is 1.21. The van der Waals surface area contributed by atoms with Crippen molar-refractivity contribution < 1.29 is 13.9 Å². The number of alkyl halides is 2. The molecule has 2 aromatic heterocycles. The maximum absolute atomic E-state index is 12.0. The van der Waals surface area contributed by atoms with Crippen molar-refractivity contribution in [2.45, 2.75) is 12.5 Å². The summed E-state index contributed by atoms with van der Waals surface area (Å²) in [4.78, 5) is 4.10. The zero-order chi connectivity index (χ0) is 11.5. The smallest absolute Gasteiger partial charge is 0.265 e. The lowest BCUT2D eigenvalue weighted by Crippen LogP contribution is -2.27. The van der Waals surface area contributed by atoms with Gasteiger partial charge in [-0.05, 0) is 6.07 Å². The van der Waals surface area contributed by atoms with Gasteiger partial charge in [0, 0.05) is 18.8 Å². The molecule has 7 heteroatoms. The van der Waals surface area contributed by atoms with Gasteiger partial charge in [0.15, 0.2) is 5.65 Å². The highest BCUT2D eigenvalue weighted by molar-refractivity contribution is 5.45. The summed E-state index contributed by atoms with van der Waals surface area (Å²) in [6.07, 6.45) is -1.21. The lowest BCUT2D eigenvalue weighted by atomic mass is 10.3. The molecule has 2 rings (SSSR count). The number of nitrogens with one attached hydrogen (secondary N) is 1. The molecule has 0 radical (unpaired) electrons. The number of fused-ring (bicyclic) bond motifs is 1. The molecular weight excluding hydrogens is 218 g/mol. The van der Waals surface area contributed by atoms with E-state index in [1.807, 2.05) is 0 Å². The third-order valence-corrected chi connectivity index (χ3v) is 2.04. The highest BCUT2D eigenvalue weighted by Gasteiger charge is 2.16. The van der Waals surface area contributed by atoms with Gasteiger partial charge in [0.1, 0.15) is 11.9 Å². The molecule has 0 saturated carbocycles. The summed E-state index contributed by atoms with van der Waals surface area (Å²) >= 11 is 0. The highest BCUT2D eigenvalue weighted by Crippen LogP contribution is 2.07. The Kier molecular flexibility index (Phi) is 2.95. The number of aliphatic hydroxyl groups excluding tert-OH is 1. The number of anilines is 1. The number of aromatic nitrogens is 3. The Balaban J connectivity index is 2.04. The Bertz CT molecular complexity index is 473. The molecule has 1 unspecified atom stereocenters. The van der Waals surface area contributed by atoms with Crippen LogP contribution in [0.15, 0.2) is 24.5 Å². The first-order chi connectivity index (χ1) is 7.66. The Morgan fingerprint density at radius 3 is 3.00 bits per heavy atom. The second-order valence-corrected chi connectivity index (χ2v) is 3.23. The van der Waals surface area contributed by atoms with E-state index in [9.17, 15) is 8.78 Å². The van der Waals surface area contributed by atoms with Crippen LogP contribution < -0.4 is 5.32 Å². The fourth-order valence-corrected chi connectivity index (χ4v) is 1.21. The van der Waals surface area contributed by atoms with Crippen LogP contribution in [0.2, 0.25) is 0 Å². The van der Waals surface area contributed by atoms with Gasteiger partial charge in [-0.2, -0.15) is 5.10 Å². The van der Waals surface area contributed by atoms with Gasteiger partial charge in [-0.15, -0.1) is 0 Å². The van der Waals surface area contributed by atoms with Gasteiger partial charge in [0.05, 0.1) is 6.20 Å². The predicted octanol–water partition coefficient (Wildman–Crippen LogP) is 0.767. The SMILES string of the molecule is OC(CNc1ccn2nccc2n1)C(F)F. The summed E-state index contributed by atoms with van der Waals surface area (Å²) in [5.41, 5.74) is 0.608. The molecule has 0 aliphatic carbocycles. The molecule has 0 aromatic carbocycles. The standard InChI is InChI=1S/C9H10F2N4O/c10-9(11)6(16)5-12-7-2-4-15-8(14-7)1-3-13-15/h1-4,6,9,16H,5H2,(H,12,14). The van der Waals surface area contributed by atoms with Crippen molar-refractivity contribution in [1.29, 1.82) is 0 Å². The van der Waals surface area contributed by atoms with Crippen molar-refractivity contribution in [2.75, 3.05) is 11.9 Å². The molecule has 0 spiro atoms. The highest BCUT2D eigenvalue weighted by atomic mass is 19.3. The van der Waals surface area contributed by atoms with Crippen LogP contribution in [0.1, 0.15) is 0 Å². The number of aliphatic hydroxyl groups is 1. The van der Waals surface area contributed by atoms with E-state index >= 15 is 0 Å². The van der Waals surface area contributed by atoms with Crippen LogP contribution in [0, 0.1) is 0 Å². The van der Waals surface area contributed by atoms with Crippen LogP contribution in [0.25, 0.3) is 5.65 Å². The van der Waals surface area contributed by atoms with E-state index in [1.54, 1.807) is 29.0 Å². The summed E-state index contributed by atoms with van der Waals surface area (Å²) in [5.74, 6) is 0.424. The Hall–Kier alpha value is -1.76. The lowest BCUT2D eigenvalue weighted by Gasteiger charge is -2.10. The third kappa shape index (κ3) is 2.25. The zero-order valence-electron chi connectivity index (χ0n) is 8.22. The van der Waals surface area contributed by atoms with Crippen molar-refractivity contribution in [2.24, 2.45) is 0 Å². The molecule has 0 amide bonds. The molecule has 16 heavy (non-hydrogen) atoms. The first-order valence-corrected chi connectivity index (χ1v) is 4.67. The molecule has 0 fully saturated rings. The largest absolute Gasteiger partial charge is 0.385 e. The fraction of sp³-hybridized carbons (Fsp3) is 0.333. The van der Waals surface area contributed by atoms with E-state index in [1.165, 1.54) is 0 Å². The molecule has 2 N–H and O–H groups in total. The summed E-state index contributed by atoms with van der Waals surface area (Å²) in [6, 6.07) is 3.28. The van der Waals surface area contributed by atoms with Crippen molar-refractivity contribution in [1.82, 2.24) is 14.6 Å². The topological polar surface area (TPSA) is 62.5 Å². The van der Waals surface area contributed by atoms with Crippen LogP contribution in [0.4, 0.5) is 14.6 Å². The van der Waals surface area contributed by atoms with Crippen molar-refractivity contribution in [3.63, 3.8) is 0 Å². The minimum Gasteiger partial charge on any atom is -0.385 e. The summed E-state index contributed by atoms with van der Waals surface area (Å²) < 4.78 is 25.6. The van der Waals surface area contributed by atoms with Gasteiger partial charge in [-0.25, -0.2) is 18.3 Å². The number of hydrogen-bond donors (Lipinski definition) is 2.